The zero-order chi connectivity index (χ0) is 10.2. The van der Waals surface area contributed by atoms with Crippen molar-refractivity contribution in [3.63, 3.8) is 0 Å². The normalized spacial score (nSPS) is 20.5. The highest BCUT2D eigenvalue weighted by atomic mass is 79.9. The largest absolute Gasteiger partial charge is 0.161 e. The second-order valence-electron chi connectivity index (χ2n) is 4.04. The third kappa shape index (κ3) is 1.74. The molecule has 0 aliphatic heterocycles. The van der Waals surface area contributed by atoms with Gasteiger partial charge in [0.25, 0.3) is 0 Å². The highest BCUT2D eigenvalue weighted by molar-refractivity contribution is 9.10. The Balaban J connectivity index is 2.26. The first-order chi connectivity index (χ1) is 6.69. The third-order valence-electron chi connectivity index (χ3n) is 3.34. The molecule has 0 spiro atoms. The number of rotatable bonds is 3. The third-order valence-corrected chi connectivity index (χ3v) is 5.03. The zero-order valence-corrected chi connectivity index (χ0v) is 11.0. The van der Waals surface area contributed by atoms with Crippen LogP contribution in [0.3, 0.4) is 0 Å². The van der Waals surface area contributed by atoms with E-state index >= 15 is 0 Å². The molecule has 76 valence electrons. The van der Waals surface area contributed by atoms with Gasteiger partial charge in [0.1, 0.15) is 0 Å². The minimum Gasteiger partial charge on any atom is -0.161 e. The molecule has 1 aromatic carbocycles. The topological polar surface area (TPSA) is 0 Å². The van der Waals surface area contributed by atoms with E-state index in [1.54, 1.807) is 0 Å². The van der Waals surface area contributed by atoms with Crippen molar-refractivity contribution < 1.29 is 0 Å². The molecule has 1 fully saturated rings. The Morgan fingerprint density at radius 1 is 1.29 bits per heavy atom. The molecule has 0 radical (unpaired) electrons. The van der Waals surface area contributed by atoms with Gasteiger partial charge in [-0.25, -0.2) is 0 Å². The van der Waals surface area contributed by atoms with Gasteiger partial charge in [-0.15, -0.1) is 0 Å². The summed E-state index contributed by atoms with van der Waals surface area (Å²) in [5.74, 6) is 0. The van der Waals surface area contributed by atoms with Crippen LogP contribution in [-0.4, -0.2) is 11.5 Å². The summed E-state index contributed by atoms with van der Waals surface area (Å²) in [4.78, 5) is 0. The number of hydrogen-bond acceptors (Lipinski definition) is 1. The number of hydrogen-bond donors (Lipinski definition) is 0. The van der Waals surface area contributed by atoms with E-state index in [1.165, 1.54) is 22.9 Å². The van der Waals surface area contributed by atoms with Gasteiger partial charge in [0.05, 0.1) is 0 Å². The molecule has 0 saturated heterocycles. The Bertz CT molecular complexity index is 314. The van der Waals surface area contributed by atoms with Gasteiger partial charge >= 0.3 is 0 Å². The van der Waals surface area contributed by atoms with Crippen LogP contribution in [-0.2, 0) is 5.41 Å². The van der Waals surface area contributed by atoms with Crippen molar-refractivity contribution in [2.45, 2.75) is 30.4 Å². The molecule has 1 aromatic rings. The van der Waals surface area contributed by atoms with Crippen molar-refractivity contribution >= 4 is 27.7 Å². The Morgan fingerprint density at radius 2 is 1.86 bits per heavy atom. The fourth-order valence-corrected chi connectivity index (χ4v) is 3.16. The van der Waals surface area contributed by atoms with E-state index in [2.05, 4.69) is 53.4 Å². The average Bonchev–Trinajstić information content (AvgIpc) is 2.99. The summed E-state index contributed by atoms with van der Waals surface area (Å²) in [5.41, 5.74) is 2.00. The van der Waals surface area contributed by atoms with Crippen LogP contribution in [0.5, 0.6) is 0 Å². The Kier molecular flexibility index (Phi) is 2.94. The summed E-state index contributed by atoms with van der Waals surface area (Å²) >= 11 is 5.46. The Hall–Kier alpha value is 0.0500. The summed E-state index contributed by atoms with van der Waals surface area (Å²) in [6.45, 7) is 2.35. The molecule has 1 aliphatic carbocycles. The smallest absolute Gasteiger partial charge is 0.0175 e. The predicted molar refractivity (Wildman–Crippen MR) is 68.0 cm³/mol. The number of thioether (sulfide) groups is 1. The minimum atomic E-state index is 0.486. The lowest BCUT2D eigenvalue weighted by atomic mass is 9.93. The van der Waals surface area contributed by atoms with E-state index in [4.69, 9.17) is 0 Å². The molecule has 2 heteroatoms. The van der Waals surface area contributed by atoms with E-state index in [9.17, 15) is 0 Å². The van der Waals surface area contributed by atoms with E-state index in [-0.39, 0.29) is 0 Å². The van der Waals surface area contributed by atoms with Gasteiger partial charge in [-0.1, -0.05) is 35.0 Å². The predicted octanol–water partition coefficient (Wildman–Crippen LogP) is 4.23. The van der Waals surface area contributed by atoms with E-state index < -0.39 is 0 Å². The number of halogens is 1. The molecular weight excluding hydrogens is 256 g/mol. The molecule has 0 N–H and O–H groups in total. The lowest BCUT2D eigenvalue weighted by Crippen LogP contribution is -2.19. The Morgan fingerprint density at radius 3 is 2.29 bits per heavy atom. The van der Waals surface area contributed by atoms with Gasteiger partial charge in [0, 0.05) is 15.1 Å². The molecule has 2 rings (SSSR count). The van der Waals surface area contributed by atoms with Gasteiger partial charge in [0.15, 0.2) is 0 Å². The van der Waals surface area contributed by atoms with Crippen LogP contribution in [0, 0.1) is 0 Å². The maximum absolute atomic E-state index is 3.48. The van der Waals surface area contributed by atoms with Crippen LogP contribution >= 0.6 is 27.7 Å². The summed E-state index contributed by atoms with van der Waals surface area (Å²) < 4.78 is 1.17. The minimum absolute atomic E-state index is 0.486. The lowest BCUT2D eigenvalue weighted by molar-refractivity contribution is 0.682. The van der Waals surface area contributed by atoms with Crippen LogP contribution < -0.4 is 0 Å². The van der Waals surface area contributed by atoms with Crippen LogP contribution in [0.2, 0.25) is 0 Å². The maximum Gasteiger partial charge on any atom is 0.0175 e. The van der Waals surface area contributed by atoms with Crippen LogP contribution in [0.25, 0.3) is 0 Å². The van der Waals surface area contributed by atoms with Crippen molar-refractivity contribution in [2.24, 2.45) is 0 Å². The molecule has 0 bridgehead atoms. The molecule has 0 aromatic heterocycles. The Labute approximate surface area is 98.6 Å². The first-order valence-electron chi connectivity index (χ1n) is 4.98. The van der Waals surface area contributed by atoms with Crippen molar-refractivity contribution in [2.75, 3.05) is 6.26 Å². The van der Waals surface area contributed by atoms with Gasteiger partial charge in [-0.2, -0.15) is 11.8 Å². The van der Waals surface area contributed by atoms with Gasteiger partial charge in [0.2, 0.25) is 0 Å². The maximum atomic E-state index is 3.48. The quantitative estimate of drug-likeness (QED) is 0.792. The molecule has 1 saturated carbocycles. The highest BCUT2D eigenvalue weighted by Crippen LogP contribution is 2.54. The van der Waals surface area contributed by atoms with Crippen molar-refractivity contribution in [1.82, 2.24) is 0 Å². The molecule has 0 nitrogen and oxygen atoms in total. The first kappa shape index (κ1) is 10.6. The SMILES string of the molecule is CSC(C)C1(c2ccc(Br)cc2)CC1. The summed E-state index contributed by atoms with van der Waals surface area (Å²) in [6, 6.07) is 8.85. The van der Waals surface area contributed by atoms with Crippen LogP contribution in [0.4, 0.5) is 0 Å². The molecule has 1 aliphatic rings. The number of benzene rings is 1. The molecular formula is C12H15BrS. The summed E-state index contributed by atoms with van der Waals surface area (Å²) in [6.07, 6.45) is 4.93. The fourth-order valence-electron chi connectivity index (χ4n) is 2.07. The van der Waals surface area contributed by atoms with E-state index in [1.807, 2.05) is 11.8 Å². The van der Waals surface area contributed by atoms with Gasteiger partial charge < -0.3 is 0 Å². The lowest BCUT2D eigenvalue weighted by Gasteiger charge is -2.22. The fraction of sp³-hybridized carbons (Fsp3) is 0.500. The van der Waals surface area contributed by atoms with Crippen molar-refractivity contribution in [1.29, 1.82) is 0 Å². The molecule has 14 heavy (non-hydrogen) atoms. The first-order valence-corrected chi connectivity index (χ1v) is 7.06. The van der Waals surface area contributed by atoms with Crippen LogP contribution in [0.15, 0.2) is 28.7 Å². The second kappa shape index (κ2) is 3.90. The summed E-state index contributed by atoms with van der Waals surface area (Å²) in [7, 11) is 0. The average molecular weight is 271 g/mol. The van der Waals surface area contributed by atoms with Crippen molar-refractivity contribution in [3.05, 3.63) is 34.3 Å². The molecule has 1 atom stereocenters. The zero-order valence-electron chi connectivity index (χ0n) is 8.59. The molecule has 1 unspecified atom stereocenters. The van der Waals surface area contributed by atoms with Gasteiger partial charge in [-0.05, 0) is 36.8 Å². The van der Waals surface area contributed by atoms with Crippen LogP contribution in [0.1, 0.15) is 25.3 Å². The molecule has 0 amide bonds. The molecule has 0 heterocycles. The van der Waals surface area contributed by atoms with Gasteiger partial charge in [-0.3, -0.25) is 0 Å². The van der Waals surface area contributed by atoms with E-state index in [0.29, 0.717) is 5.41 Å². The second-order valence-corrected chi connectivity index (χ2v) is 6.14. The van der Waals surface area contributed by atoms with Crippen molar-refractivity contribution in [3.8, 4) is 0 Å². The monoisotopic (exact) mass is 270 g/mol. The van der Waals surface area contributed by atoms with E-state index in [0.717, 1.165) is 5.25 Å². The standard InChI is InChI=1S/C12H15BrS/c1-9(14-2)12(7-8-12)10-3-5-11(13)6-4-10/h3-6,9H,7-8H2,1-2H3. The highest BCUT2D eigenvalue weighted by Gasteiger charge is 2.48. The summed E-state index contributed by atoms with van der Waals surface area (Å²) in [5, 5.41) is 0.740.